The van der Waals surface area contributed by atoms with E-state index in [2.05, 4.69) is 11.9 Å². The van der Waals surface area contributed by atoms with Crippen molar-refractivity contribution in [2.24, 2.45) is 0 Å². The molecule has 2 rings (SSSR count). The molecule has 0 fully saturated rings. The van der Waals surface area contributed by atoms with Gasteiger partial charge in [-0.2, -0.15) is 0 Å². The van der Waals surface area contributed by atoms with Crippen molar-refractivity contribution in [2.75, 3.05) is 5.73 Å². The highest BCUT2D eigenvalue weighted by Crippen LogP contribution is 2.33. The zero-order chi connectivity index (χ0) is 12.6. The molecule has 2 nitrogen and oxygen atoms in total. The zero-order valence-electron chi connectivity index (χ0n) is 10.1. The molecule has 1 heterocycles. The number of nitrogens with two attached hydrogens (primary N) is 1. The minimum Gasteiger partial charge on any atom is -0.375 e. The van der Waals surface area contributed by atoms with Crippen LogP contribution in [0.25, 0.3) is 0 Å². The summed E-state index contributed by atoms with van der Waals surface area (Å²) in [6.45, 7) is 5.82. The van der Waals surface area contributed by atoms with Crippen LogP contribution in [0.5, 0.6) is 0 Å². The van der Waals surface area contributed by atoms with Crippen molar-refractivity contribution >= 4 is 16.5 Å². The quantitative estimate of drug-likeness (QED) is 0.884. The second-order valence-corrected chi connectivity index (χ2v) is 5.29. The molecule has 2 N–H and O–H groups in total. The summed E-state index contributed by atoms with van der Waals surface area (Å²) in [4.78, 5) is 5.37. The van der Waals surface area contributed by atoms with Gasteiger partial charge in [0.25, 0.3) is 0 Å². The van der Waals surface area contributed by atoms with Gasteiger partial charge >= 0.3 is 0 Å². The molecule has 0 aliphatic heterocycles. The van der Waals surface area contributed by atoms with E-state index in [1.165, 1.54) is 17.4 Å². The van der Waals surface area contributed by atoms with Crippen LogP contribution in [0.15, 0.2) is 18.2 Å². The average molecular weight is 250 g/mol. The van der Waals surface area contributed by atoms with Crippen LogP contribution in [0.1, 0.15) is 34.5 Å². The van der Waals surface area contributed by atoms with Gasteiger partial charge in [0.2, 0.25) is 0 Å². The maximum atomic E-state index is 13.2. The molecular weight excluding hydrogens is 235 g/mol. The molecule has 0 aliphatic rings. The molecule has 2 aromatic rings. The predicted octanol–water partition coefficient (Wildman–Crippen LogP) is 3.63. The third kappa shape index (κ3) is 2.31. The predicted molar refractivity (Wildman–Crippen MR) is 69.9 cm³/mol. The van der Waals surface area contributed by atoms with Crippen LogP contribution in [0, 0.1) is 19.7 Å². The molecular formula is C13H15FN2S. The van der Waals surface area contributed by atoms with Crippen molar-refractivity contribution in [1.29, 1.82) is 0 Å². The van der Waals surface area contributed by atoms with Crippen molar-refractivity contribution in [3.63, 3.8) is 0 Å². The zero-order valence-corrected chi connectivity index (χ0v) is 10.9. The van der Waals surface area contributed by atoms with E-state index in [1.807, 2.05) is 19.1 Å². The fourth-order valence-electron chi connectivity index (χ4n) is 1.92. The molecule has 0 radical (unpaired) electrons. The van der Waals surface area contributed by atoms with Crippen molar-refractivity contribution < 1.29 is 4.39 Å². The monoisotopic (exact) mass is 250 g/mol. The first kappa shape index (κ1) is 12.0. The molecule has 0 saturated carbocycles. The van der Waals surface area contributed by atoms with Gasteiger partial charge in [0.15, 0.2) is 5.13 Å². The maximum Gasteiger partial charge on any atom is 0.180 e. The number of nitrogens with zero attached hydrogens (tertiary/aromatic N) is 1. The Morgan fingerprint density at radius 3 is 2.59 bits per heavy atom. The molecule has 1 aromatic heterocycles. The Morgan fingerprint density at radius 2 is 2.06 bits per heavy atom. The summed E-state index contributed by atoms with van der Waals surface area (Å²) in [5.41, 5.74) is 8.42. The van der Waals surface area contributed by atoms with Gasteiger partial charge in [-0.25, -0.2) is 9.37 Å². The first-order valence-corrected chi connectivity index (χ1v) is 6.29. The lowest BCUT2D eigenvalue weighted by atomic mass is 9.97. The van der Waals surface area contributed by atoms with E-state index in [1.54, 1.807) is 6.92 Å². The van der Waals surface area contributed by atoms with Crippen LogP contribution in [0.2, 0.25) is 0 Å². The second kappa shape index (κ2) is 4.45. The Kier molecular flexibility index (Phi) is 3.15. The van der Waals surface area contributed by atoms with Gasteiger partial charge in [-0.15, -0.1) is 11.3 Å². The molecule has 0 aliphatic carbocycles. The Hall–Kier alpha value is -1.42. The van der Waals surface area contributed by atoms with Gasteiger partial charge in [0.1, 0.15) is 5.82 Å². The van der Waals surface area contributed by atoms with Crippen LogP contribution in [-0.4, -0.2) is 4.98 Å². The molecule has 17 heavy (non-hydrogen) atoms. The van der Waals surface area contributed by atoms with E-state index in [0.717, 1.165) is 16.1 Å². The third-order valence-electron chi connectivity index (χ3n) is 2.92. The Morgan fingerprint density at radius 1 is 1.35 bits per heavy atom. The van der Waals surface area contributed by atoms with Gasteiger partial charge in [-0.1, -0.05) is 19.1 Å². The highest BCUT2D eigenvalue weighted by atomic mass is 32.1. The SMILES string of the molecule is Cc1cc(C(C)c2sc(N)nc2C)ccc1F. The van der Waals surface area contributed by atoms with E-state index in [0.29, 0.717) is 10.7 Å². The summed E-state index contributed by atoms with van der Waals surface area (Å²) < 4.78 is 13.2. The fraction of sp³-hybridized carbons (Fsp3) is 0.308. The number of nitrogen functional groups attached to an aromatic ring is 1. The van der Waals surface area contributed by atoms with E-state index >= 15 is 0 Å². The standard InChI is InChI=1S/C13H15FN2S/c1-7-6-10(4-5-11(7)14)8(2)12-9(3)16-13(15)17-12/h4-6,8H,1-3H3,(H2,15,16). The summed E-state index contributed by atoms with van der Waals surface area (Å²) >= 11 is 1.50. The van der Waals surface area contributed by atoms with Gasteiger partial charge < -0.3 is 5.73 Å². The van der Waals surface area contributed by atoms with Crippen molar-refractivity contribution in [1.82, 2.24) is 4.98 Å². The topological polar surface area (TPSA) is 38.9 Å². The summed E-state index contributed by atoms with van der Waals surface area (Å²) in [7, 11) is 0. The summed E-state index contributed by atoms with van der Waals surface area (Å²) in [5.74, 6) is 0.0330. The van der Waals surface area contributed by atoms with Crippen LogP contribution < -0.4 is 5.73 Å². The van der Waals surface area contributed by atoms with E-state index in [9.17, 15) is 4.39 Å². The van der Waals surface area contributed by atoms with Gasteiger partial charge in [-0.3, -0.25) is 0 Å². The highest BCUT2D eigenvalue weighted by Gasteiger charge is 2.15. The number of benzene rings is 1. The fourth-order valence-corrected chi connectivity index (χ4v) is 2.83. The van der Waals surface area contributed by atoms with Crippen LogP contribution in [0.3, 0.4) is 0 Å². The van der Waals surface area contributed by atoms with Gasteiger partial charge in [-0.05, 0) is 31.0 Å². The van der Waals surface area contributed by atoms with Gasteiger partial charge in [0.05, 0.1) is 5.69 Å². The maximum absolute atomic E-state index is 13.2. The molecule has 1 atom stereocenters. The number of halogens is 1. The molecule has 0 bridgehead atoms. The first-order chi connectivity index (χ1) is 7.99. The number of rotatable bonds is 2. The van der Waals surface area contributed by atoms with Crippen molar-refractivity contribution in [3.05, 3.63) is 45.7 Å². The van der Waals surface area contributed by atoms with Gasteiger partial charge in [0, 0.05) is 10.8 Å². The minimum atomic E-state index is -0.165. The Balaban J connectivity index is 2.40. The smallest absolute Gasteiger partial charge is 0.180 e. The van der Waals surface area contributed by atoms with Crippen LogP contribution in [0.4, 0.5) is 9.52 Å². The number of hydrogen-bond donors (Lipinski definition) is 1. The normalized spacial score (nSPS) is 12.7. The lowest BCUT2D eigenvalue weighted by Gasteiger charge is -2.11. The number of hydrogen-bond acceptors (Lipinski definition) is 3. The lowest BCUT2D eigenvalue weighted by Crippen LogP contribution is -1.97. The van der Waals surface area contributed by atoms with Crippen molar-refractivity contribution in [2.45, 2.75) is 26.7 Å². The highest BCUT2D eigenvalue weighted by molar-refractivity contribution is 7.15. The molecule has 1 unspecified atom stereocenters. The van der Waals surface area contributed by atoms with E-state index in [4.69, 9.17) is 5.73 Å². The van der Waals surface area contributed by atoms with E-state index < -0.39 is 0 Å². The minimum absolute atomic E-state index is 0.165. The van der Waals surface area contributed by atoms with Crippen molar-refractivity contribution in [3.8, 4) is 0 Å². The van der Waals surface area contributed by atoms with Crippen LogP contribution >= 0.6 is 11.3 Å². The molecule has 90 valence electrons. The first-order valence-electron chi connectivity index (χ1n) is 5.48. The number of thiazole rings is 1. The summed E-state index contributed by atoms with van der Waals surface area (Å²) in [6, 6.07) is 5.22. The van der Waals surface area contributed by atoms with Crippen LogP contribution in [-0.2, 0) is 0 Å². The number of aryl methyl sites for hydroxylation is 2. The average Bonchev–Trinajstić information content (AvgIpc) is 2.61. The summed E-state index contributed by atoms with van der Waals surface area (Å²) in [5, 5.41) is 0.586. The lowest BCUT2D eigenvalue weighted by molar-refractivity contribution is 0.617. The molecule has 4 heteroatoms. The molecule has 1 aromatic carbocycles. The Labute approximate surface area is 104 Å². The molecule has 0 amide bonds. The third-order valence-corrected chi connectivity index (χ3v) is 4.09. The summed E-state index contributed by atoms with van der Waals surface area (Å²) in [6.07, 6.45) is 0. The Bertz CT molecular complexity index is 548. The molecule has 0 saturated heterocycles. The molecule has 0 spiro atoms. The largest absolute Gasteiger partial charge is 0.375 e. The second-order valence-electron chi connectivity index (χ2n) is 4.23. The number of aromatic nitrogens is 1. The number of anilines is 1. The van der Waals surface area contributed by atoms with E-state index in [-0.39, 0.29) is 11.7 Å².